The van der Waals surface area contributed by atoms with E-state index in [1.165, 1.54) is 25.2 Å². The van der Waals surface area contributed by atoms with Crippen molar-refractivity contribution in [3.05, 3.63) is 30.1 Å². The molecule has 0 saturated carbocycles. The summed E-state index contributed by atoms with van der Waals surface area (Å²) in [5.41, 5.74) is -0.107. The predicted octanol–water partition coefficient (Wildman–Crippen LogP) is 2.65. The van der Waals surface area contributed by atoms with Gasteiger partial charge in [0.1, 0.15) is 5.82 Å². The van der Waals surface area contributed by atoms with Crippen LogP contribution in [-0.4, -0.2) is 70.9 Å². The Morgan fingerprint density at radius 1 is 1.19 bits per heavy atom. The van der Waals surface area contributed by atoms with Crippen LogP contribution in [0.4, 0.5) is 14.9 Å². The van der Waals surface area contributed by atoms with E-state index in [0.29, 0.717) is 26.3 Å². The molecule has 2 fully saturated rings. The van der Waals surface area contributed by atoms with Crippen LogP contribution in [0.2, 0.25) is 0 Å². The van der Waals surface area contributed by atoms with Crippen molar-refractivity contribution in [1.82, 2.24) is 9.80 Å². The number of aliphatic imine (C=N–C) groups is 1. The SMILES string of the molecule is CN1C(=O)C(=NC(N2CCOCC2)C(Cl)(Cl)Cl)N(c2ccccc2F)C1=O. The lowest BCUT2D eigenvalue weighted by Crippen LogP contribution is -2.49. The zero-order chi connectivity index (χ0) is 19.8. The molecule has 2 saturated heterocycles. The van der Waals surface area contributed by atoms with Crippen molar-refractivity contribution in [2.24, 2.45) is 4.99 Å². The second kappa shape index (κ2) is 7.89. The van der Waals surface area contributed by atoms with Crippen molar-refractivity contribution in [1.29, 1.82) is 0 Å². The molecule has 1 unspecified atom stereocenters. The number of para-hydroxylation sites is 1. The first-order valence-electron chi connectivity index (χ1n) is 8.05. The van der Waals surface area contributed by atoms with E-state index >= 15 is 0 Å². The first kappa shape index (κ1) is 20.3. The average Bonchev–Trinajstić information content (AvgIpc) is 2.84. The maximum atomic E-state index is 14.3. The topological polar surface area (TPSA) is 65.5 Å². The minimum atomic E-state index is -1.88. The molecule has 146 valence electrons. The first-order chi connectivity index (χ1) is 12.7. The zero-order valence-corrected chi connectivity index (χ0v) is 16.5. The monoisotopic (exact) mass is 436 g/mol. The molecule has 0 aromatic heterocycles. The second-order valence-corrected chi connectivity index (χ2v) is 8.32. The average molecular weight is 438 g/mol. The van der Waals surface area contributed by atoms with Gasteiger partial charge in [0.25, 0.3) is 5.91 Å². The lowest BCUT2D eigenvalue weighted by molar-refractivity contribution is -0.119. The van der Waals surface area contributed by atoms with Crippen LogP contribution in [0.5, 0.6) is 0 Å². The van der Waals surface area contributed by atoms with Gasteiger partial charge in [0, 0.05) is 20.1 Å². The molecule has 27 heavy (non-hydrogen) atoms. The molecule has 3 amide bonds. The molecule has 1 atom stereocenters. The van der Waals surface area contributed by atoms with Crippen molar-refractivity contribution in [2.45, 2.75) is 9.96 Å². The van der Waals surface area contributed by atoms with Gasteiger partial charge >= 0.3 is 6.03 Å². The van der Waals surface area contributed by atoms with Crippen LogP contribution in [0.1, 0.15) is 0 Å². The number of morpholine rings is 1. The molecular weight excluding hydrogens is 422 g/mol. The van der Waals surface area contributed by atoms with E-state index in [4.69, 9.17) is 39.5 Å². The first-order valence-corrected chi connectivity index (χ1v) is 9.18. The maximum Gasteiger partial charge on any atom is 0.337 e. The van der Waals surface area contributed by atoms with E-state index in [0.717, 1.165) is 9.80 Å². The fourth-order valence-corrected chi connectivity index (χ4v) is 3.40. The number of hydrogen-bond donors (Lipinski definition) is 0. The molecule has 0 N–H and O–H groups in total. The summed E-state index contributed by atoms with van der Waals surface area (Å²) in [7, 11) is 1.28. The van der Waals surface area contributed by atoms with E-state index in [9.17, 15) is 14.0 Å². The van der Waals surface area contributed by atoms with Gasteiger partial charge in [0.15, 0.2) is 6.17 Å². The smallest absolute Gasteiger partial charge is 0.337 e. The molecule has 1 aromatic carbocycles. The Kier molecular flexibility index (Phi) is 5.93. The number of imide groups is 1. The number of anilines is 1. The number of carbonyl (C=O) groups excluding carboxylic acids is 2. The number of nitrogens with zero attached hydrogens (tertiary/aromatic N) is 4. The number of rotatable bonds is 3. The highest BCUT2D eigenvalue weighted by Gasteiger charge is 2.46. The van der Waals surface area contributed by atoms with Crippen molar-refractivity contribution in [3.8, 4) is 0 Å². The number of amides is 3. The molecule has 7 nitrogen and oxygen atoms in total. The highest BCUT2D eigenvalue weighted by Crippen LogP contribution is 2.36. The Morgan fingerprint density at radius 3 is 2.41 bits per heavy atom. The van der Waals surface area contributed by atoms with Crippen LogP contribution in [0.15, 0.2) is 29.3 Å². The molecule has 2 aliphatic rings. The summed E-state index contributed by atoms with van der Waals surface area (Å²) in [5.74, 6) is -1.70. The summed E-state index contributed by atoms with van der Waals surface area (Å²) in [5, 5.41) is 0. The summed E-state index contributed by atoms with van der Waals surface area (Å²) < 4.78 is 17.7. The van der Waals surface area contributed by atoms with Crippen LogP contribution in [0.25, 0.3) is 0 Å². The van der Waals surface area contributed by atoms with Gasteiger partial charge in [0.2, 0.25) is 9.63 Å². The maximum absolute atomic E-state index is 14.3. The third kappa shape index (κ3) is 4.05. The molecule has 1 aromatic rings. The molecule has 0 bridgehead atoms. The fourth-order valence-electron chi connectivity index (χ4n) is 2.84. The van der Waals surface area contributed by atoms with E-state index in [-0.39, 0.29) is 11.5 Å². The highest BCUT2D eigenvalue weighted by atomic mass is 35.6. The summed E-state index contributed by atoms with van der Waals surface area (Å²) in [6.45, 7) is 1.66. The standard InChI is InChI=1S/C16H16Cl3FN4O3/c1-22-13(25)12(24(15(22)26)11-5-3-2-4-10(11)20)21-14(16(17,18)19)23-6-8-27-9-7-23/h2-5,14H,6-9H2,1H3. The van der Waals surface area contributed by atoms with Crippen LogP contribution in [0, 0.1) is 5.82 Å². The molecule has 0 spiro atoms. The van der Waals surface area contributed by atoms with Gasteiger partial charge in [-0.15, -0.1) is 0 Å². The normalized spacial score (nSPS) is 22.0. The molecule has 2 aliphatic heterocycles. The number of benzene rings is 1. The minimum Gasteiger partial charge on any atom is -0.379 e. The summed E-state index contributed by atoms with van der Waals surface area (Å²) in [6.07, 6.45) is -1.06. The number of urea groups is 1. The van der Waals surface area contributed by atoms with Crippen molar-refractivity contribution in [2.75, 3.05) is 38.3 Å². The summed E-state index contributed by atoms with van der Waals surface area (Å²) in [4.78, 5) is 32.9. The van der Waals surface area contributed by atoms with Gasteiger partial charge in [-0.25, -0.2) is 19.1 Å². The lowest BCUT2D eigenvalue weighted by Gasteiger charge is -2.35. The van der Waals surface area contributed by atoms with Gasteiger partial charge in [-0.05, 0) is 12.1 Å². The van der Waals surface area contributed by atoms with Crippen molar-refractivity contribution < 1.29 is 18.7 Å². The number of likely N-dealkylation sites (N-methyl/N-ethyl adjacent to an activating group) is 1. The van der Waals surface area contributed by atoms with Crippen molar-refractivity contribution in [3.63, 3.8) is 0 Å². The third-order valence-corrected chi connectivity index (χ3v) is 4.79. The van der Waals surface area contributed by atoms with Gasteiger partial charge in [-0.2, -0.15) is 0 Å². The molecule has 3 rings (SSSR count). The molecule has 11 heteroatoms. The van der Waals surface area contributed by atoms with Crippen LogP contribution in [-0.2, 0) is 9.53 Å². The van der Waals surface area contributed by atoms with Gasteiger partial charge in [-0.1, -0.05) is 46.9 Å². The number of ether oxygens (including phenoxy) is 1. The van der Waals surface area contributed by atoms with Crippen LogP contribution in [0.3, 0.4) is 0 Å². The van der Waals surface area contributed by atoms with Crippen molar-refractivity contribution >= 4 is 58.3 Å². The quantitative estimate of drug-likeness (QED) is 0.539. The zero-order valence-electron chi connectivity index (χ0n) is 14.2. The summed E-state index contributed by atoms with van der Waals surface area (Å²) in [6, 6.07) is 4.82. The molecule has 2 heterocycles. The van der Waals surface area contributed by atoms with E-state index < -0.39 is 27.7 Å². The number of amidine groups is 1. The predicted molar refractivity (Wildman–Crippen MR) is 101 cm³/mol. The number of carbonyl (C=O) groups is 2. The Hall–Kier alpha value is -1.45. The van der Waals surface area contributed by atoms with Gasteiger partial charge in [0.05, 0.1) is 18.9 Å². The van der Waals surface area contributed by atoms with Gasteiger partial charge in [-0.3, -0.25) is 14.6 Å². The Bertz CT molecular complexity index is 780. The summed E-state index contributed by atoms with van der Waals surface area (Å²) >= 11 is 18.3. The lowest BCUT2D eigenvalue weighted by atomic mass is 10.3. The number of halogens is 4. The molecular formula is C16H16Cl3FN4O3. The minimum absolute atomic E-state index is 0.107. The number of alkyl halides is 3. The van der Waals surface area contributed by atoms with E-state index in [1.807, 2.05) is 0 Å². The number of hydrogen-bond acceptors (Lipinski definition) is 5. The van der Waals surface area contributed by atoms with Crippen LogP contribution >= 0.6 is 34.8 Å². The third-order valence-electron chi connectivity index (χ3n) is 4.21. The van der Waals surface area contributed by atoms with E-state index in [2.05, 4.69) is 4.99 Å². The fraction of sp³-hybridized carbons (Fsp3) is 0.438. The van der Waals surface area contributed by atoms with Gasteiger partial charge < -0.3 is 4.74 Å². The van der Waals surface area contributed by atoms with Crippen LogP contribution < -0.4 is 4.90 Å². The Balaban J connectivity index is 2.07. The molecule has 0 radical (unpaired) electrons. The Labute approximate surface area is 170 Å². The largest absolute Gasteiger partial charge is 0.379 e. The van der Waals surface area contributed by atoms with E-state index in [1.54, 1.807) is 11.0 Å². The highest BCUT2D eigenvalue weighted by molar-refractivity contribution is 6.68. The second-order valence-electron chi connectivity index (χ2n) is 5.95. The Morgan fingerprint density at radius 2 is 1.81 bits per heavy atom. The molecule has 0 aliphatic carbocycles.